The van der Waals surface area contributed by atoms with Gasteiger partial charge in [-0.3, -0.25) is 9.59 Å². The molecule has 2 amide bonds. The molecule has 7 heteroatoms. The monoisotopic (exact) mass is 371 g/mol. The highest BCUT2D eigenvalue weighted by atomic mass is 35.5. The highest BCUT2D eigenvalue weighted by Crippen LogP contribution is 2.23. The summed E-state index contributed by atoms with van der Waals surface area (Å²) in [5, 5.41) is 5.94. The van der Waals surface area contributed by atoms with E-state index in [4.69, 9.17) is 16.4 Å². The summed E-state index contributed by atoms with van der Waals surface area (Å²) in [5.74, 6) is 0.186. The lowest BCUT2D eigenvalue weighted by Crippen LogP contribution is -2.33. The third-order valence-corrected chi connectivity index (χ3v) is 4.21. The van der Waals surface area contributed by atoms with Gasteiger partial charge >= 0.3 is 0 Å². The van der Waals surface area contributed by atoms with Crippen LogP contribution in [0.4, 0.5) is 5.69 Å². The van der Waals surface area contributed by atoms with Gasteiger partial charge in [0.05, 0.1) is 11.4 Å². The van der Waals surface area contributed by atoms with Crippen molar-refractivity contribution in [1.82, 2.24) is 5.43 Å². The molecule has 26 heavy (non-hydrogen) atoms. The summed E-state index contributed by atoms with van der Waals surface area (Å²) in [6.45, 7) is 3.38. The normalized spacial score (nSPS) is 16.5. The number of nitrogens with one attached hydrogen (secondary N) is 1. The Labute approximate surface area is 156 Å². The van der Waals surface area contributed by atoms with Gasteiger partial charge in [0.25, 0.3) is 5.91 Å². The van der Waals surface area contributed by atoms with Crippen molar-refractivity contribution >= 4 is 34.8 Å². The summed E-state index contributed by atoms with van der Waals surface area (Å²) in [4.78, 5) is 29.0. The summed E-state index contributed by atoms with van der Waals surface area (Å²) in [6.07, 6.45) is 0.403. The van der Waals surface area contributed by atoms with E-state index in [1.807, 2.05) is 19.1 Å². The number of rotatable bonds is 4. The van der Waals surface area contributed by atoms with Crippen LogP contribution in [0.15, 0.2) is 53.6 Å². The highest BCUT2D eigenvalue weighted by Gasteiger charge is 2.22. The topological polar surface area (TPSA) is 71.0 Å². The van der Waals surface area contributed by atoms with Crippen LogP contribution in [0, 0.1) is 5.92 Å². The van der Waals surface area contributed by atoms with Gasteiger partial charge in [0.2, 0.25) is 5.91 Å². The second-order valence-electron chi connectivity index (χ2n) is 6.04. The van der Waals surface area contributed by atoms with Crippen molar-refractivity contribution in [3.8, 4) is 5.75 Å². The molecule has 0 fully saturated rings. The molecule has 134 valence electrons. The van der Waals surface area contributed by atoms with Gasteiger partial charge in [0.1, 0.15) is 0 Å². The van der Waals surface area contributed by atoms with Gasteiger partial charge in [-0.15, -0.1) is 5.06 Å². The Kier molecular flexibility index (Phi) is 5.23. The Morgan fingerprint density at radius 3 is 2.42 bits per heavy atom. The van der Waals surface area contributed by atoms with Crippen LogP contribution in [0.5, 0.6) is 5.75 Å². The predicted molar refractivity (Wildman–Crippen MR) is 100 cm³/mol. The first-order valence-electron chi connectivity index (χ1n) is 8.15. The third-order valence-electron chi connectivity index (χ3n) is 3.95. The van der Waals surface area contributed by atoms with Crippen LogP contribution in [0.25, 0.3) is 0 Å². The molecule has 0 spiro atoms. The number of hydroxylamine groups is 1. The summed E-state index contributed by atoms with van der Waals surface area (Å²) >= 11 is 5.87. The van der Waals surface area contributed by atoms with Gasteiger partial charge in [-0.25, -0.2) is 5.43 Å². The fraction of sp³-hybridized carbons (Fsp3) is 0.211. The lowest BCUT2D eigenvalue weighted by molar-refractivity contribution is -0.122. The summed E-state index contributed by atoms with van der Waals surface area (Å²) < 4.78 is 0. The summed E-state index contributed by atoms with van der Waals surface area (Å²) in [5.41, 5.74) is 4.78. The van der Waals surface area contributed by atoms with E-state index in [-0.39, 0.29) is 17.7 Å². The van der Waals surface area contributed by atoms with Crippen LogP contribution >= 0.6 is 11.6 Å². The maximum atomic E-state index is 12.0. The molecular weight excluding hydrogens is 354 g/mol. The summed E-state index contributed by atoms with van der Waals surface area (Å²) in [6, 6.07) is 14.0. The minimum Gasteiger partial charge on any atom is -0.372 e. The van der Waals surface area contributed by atoms with E-state index in [2.05, 4.69) is 10.5 Å². The Morgan fingerprint density at radius 1 is 1.19 bits per heavy atom. The van der Waals surface area contributed by atoms with E-state index >= 15 is 0 Å². The van der Waals surface area contributed by atoms with E-state index in [9.17, 15) is 9.59 Å². The Balaban J connectivity index is 1.81. The van der Waals surface area contributed by atoms with Crippen LogP contribution in [-0.4, -0.2) is 17.5 Å². The molecule has 0 aromatic heterocycles. The molecular formula is C19H18ClN3O3. The van der Waals surface area contributed by atoms with E-state index in [1.165, 1.54) is 12.0 Å². The number of carbonyl (C=O) groups excluding carboxylic acids is 2. The zero-order valence-corrected chi connectivity index (χ0v) is 15.2. The third kappa shape index (κ3) is 4.03. The van der Waals surface area contributed by atoms with Crippen molar-refractivity contribution in [1.29, 1.82) is 0 Å². The zero-order chi connectivity index (χ0) is 18.7. The number of benzene rings is 2. The van der Waals surface area contributed by atoms with E-state index in [0.29, 0.717) is 22.9 Å². The maximum Gasteiger partial charge on any atom is 0.256 e. The number of amides is 2. The number of hydrogen-bond donors (Lipinski definition) is 1. The largest absolute Gasteiger partial charge is 0.372 e. The van der Waals surface area contributed by atoms with Crippen LogP contribution in [0.3, 0.4) is 0 Å². The molecule has 3 rings (SSSR count). The average Bonchev–Trinajstić information content (AvgIpc) is 2.61. The predicted octanol–water partition coefficient (Wildman–Crippen LogP) is 3.55. The van der Waals surface area contributed by atoms with E-state index in [1.54, 1.807) is 36.4 Å². The van der Waals surface area contributed by atoms with Crippen molar-refractivity contribution in [2.24, 2.45) is 11.0 Å². The first-order valence-corrected chi connectivity index (χ1v) is 8.53. The maximum absolute atomic E-state index is 12.0. The number of nitrogens with zero attached hydrogens (tertiary/aromatic N) is 2. The molecule has 1 N–H and O–H groups in total. The highest BCUT2D eigenvalue weighted by molar-refractivity contribution is 6.30. The Morgan fingerprint density at radius 2 is 1.85 bits per heavy atom. The molecule has 1 heterocycles. The zero-order valence-electron chi connectivity index (χ0n) is 14.4. The van der Waals surface area contributed by atoms with Gasteiger partial charge in [-0.05, 0) is 42.0 Å². The number of carbonyl (C=O) groups is 2. The number of hydrogen-bond acceptors (Lipinski definition) is 4. The molecule has 0 bridgehead atoms. The number of halogens is 1. The van der Waals surface area contributed by atoms with E-state index in [0.717, 1.165) is 11.3 Å². The molecule has 0 saturated carbocycles. The van der Waals surface area contributed by atoms with Crippen LogP contribution < -0.4 is 15.3 Å². The first kappa shape index (κ1) is 17.9. The van der Waals surface area contributed by atoms with Gasteiger partial charge in [-0.2, -0.15) is 5.10 Å². The lowest BCUT2D eigenvalue weighted by atomic mass is 9.94. The second-order valence-corrected chi connectivity index (χ2v) is 6.48. The lowest BCUT2D eigenvalue weighted by Gasteiger charge is -2.22. The summed E-state index contributed by atoms with van der Waals surface area (Å²) in [7, 11) is 0. The molecule has 1 aliphatic rings. The van der Waals surface area contributed by atoms with Gasteiger partial charge in [0, 0.05) is 24.3 Å². The van der Waals surface area contributed by atoms with Crippen molar-refractivity contribution in [2.75, 3.05) is 5.06 Å². The Bertz CT molecular complexity index is 847. The molecule has 1 unspecified atom stereocenters. The minimum absolute atomic E-state index is 0.0313. The molecule has 0 radical (unpaired) electrons. The quantitative estimate of drug-likeness (QED) is 0.835. The fourth-order valence-corrected chi connectivity index (χ4v) is 2.80. The first-order chi connectivity index (χ1) is 12.4. The van der Waals surface area contributed by atoms with Gasteiger partial charge in [-0.1, -0.05) is 30.7 Å². The van der Waals surface area contributed by atoms with Gasteiger partial charge in [0.15, 0.2) is 5.75 Å². The molecule has 1 atom stereocenters. The van der Waals surface area contributed by atoms with Crippen molar-refractivity contribution < 1.29 is 14.4 Å². The smallest absolute Gasteiger partial charge is 0.256 e. The second kappa shape index (κ2) is 7.58. The van der Waals surface area contributed by atoms with Crippen LogP contribution in [0.1, 0.15) is 25.8 Å². The molecule has 0 aliphatic carbocycles. The fourth-order valence-electron chi connectivity index (χ4n) is 2.67. The molecule has 2 aromatic carbocycles. The molecule has 2 aromatic rings. The van der Waals surface area contributed by atoms with Crippen molar-refractivity contribution in [3.63, 3.8) is 0 Å². The molecule has 6 nitrogen and oxygen atoms in total. The van der Waals surface area contributed by atoms with Crippen LogP contribution in [-0.2, 0) is 9.59 Å². The Hall–Kier alpha value is -2.86. The van der Waals surface area contributed by atoms with E-state index < -0.39 is 0 Å². The number of hydrazone groups is 1. The standard InChI is InChI=1S/C19H18ClN3O3/c1-12-11-18(25)21-22-19(12)14-3-7-16(8-4-14)23(13(2)24)26-17-9-5-15(20)6-10-17/h3-10,12H,11H2,1-2H3,(H,21,25). The SMILES string of the molecule is CC(=O)N(Oc1ccc(Cl)cc1)c1ccc(C2=NNC(=O)CC2C)cc1. The van der Waals surface area contributed by atoms with Crippen LogP contribution in [0.2, 0.25) is 5.02 Å². The molecule has 0 saturated heterocycles. The molecule has 1 aliphatic heterocycles. The van der Waals surface area contributed by atoms with Crippen molar-refractivity contribution in [3.05, 3.63) is 59.1 Å². The number of anilines is 1. The average molecular weight is 372 g/mol. The minimum atomic E-state index is -0.261. The van der Waals surface area contributed by atoms with Crippen molar-refractivity contribution in [2.45, 2.75) is 20.3 Å². The van der Waals surface area contributed by atoms with Gasteiger partial charge < -0.3 is 4.84 Å².